The number of likely N-dealkylation sites (N-methyl/N-ethyl adjacent to an activating group) is 1. The monoisotopic (exact) mass is 633 g/mol. The highest BCUT2D eigenvalue weighted by molar-refractivity contribution is 5.98. The van der Waals surface area contributed by atoms with Gasteiger partial charge in [-0.1, -0.05) is 75.9 Å². The van der Waals surface area contributed by atoms with Gasteiger partial charge in [-0.3, -0.25) is 14.5 Å². The summed E-state index contributed by atoms with van der Waals surface area (Å²) >= 11 is 0. The van der Waals surface area contributed by atoms with Gasteiger partial charge in [0, 0.05) is 18.7 Å². The van der Waals surface area contributed by atoms with Gasteiger partial charge in [-0.05, 0) is 120 Å². The molecule has 2 atom stereocenters. The fourth-order valence-electron chi connectivity index (χ4n) is 7.82. The fourth-order valence-corrected chi connectivity index (χ4v) is 7.82. The number of benzene rings is 2. The number of Topliss-reactive ketones (excluding diaryl/α,β-unsaturated/α-hetero) is 1. The number of quaternary nitrogens is 1. The molecule has 5 heteroatoms. The molecule has 3 rings (SSSR count). The number of ketones is 1. The molecular formula is C41H66N3O2+. The van der Waals surface area contributed by atoms with E-state index in [-0.39, 0.29) is 6.04 Å². The van der Waals surface area contributed by atoms with Crippen LogP contribution in [0.1, 0.15) is 119 Å². The molecule has 256 valence electrons. The minimum absolute atomic E-state index is 0.00197. The normalized spacial score (nSPS) is 16.7. The second-order valence-corrected chi connectivity index (χ2v) is 14.2. The van der Waals surface area contributed by atoms with E-state index < -0.39 is 0 Å². The first-order valence-corrected chi connectivity index (χ1v) is 18.7. The number of unbranched alkanes of at least 4 members (excludes halogenated alkanes) is 5. The molecular weight excluding hydrogens is 566 g/mol. The Morgan fingerprint density at radius 3 is 2.04 bits per heavy atom. The summed E-state index contributed by atoms with van der Waals surface area (Å²) in [5.41, 5.74) is 7.20. The van der Waals surface area contributed by atoms with E-state index in [0.717, 1.165) is 88.0 Å². The van der Waals surface area contributed by atoms with Gasteiger partial charge in [0.2, 0.25) is 5.91 Å². The average molecular weight is 633 g/mol. The van der Waals surface area contributed by atoms with E-state index in [2.05, 4.69) is 94.7 Å². The smallest absolute Gasteiger partial charge is 0.244 e. The van der Waals surface area contributed by atoms with E-state index in [0.29, 0.717) is 24.7 Å². The molecule has 2 aromatic rings. The van der Waals surface area contributed by atoms with Crippen LogP contribution in [-0.4, -0.2) is 72.9 Å². The van der Waals surface area contributed by atoms with Crippen molar-refractivity contribution in [1.29, 1.82) is 0 Å². The third-order valence-corrected chi connectivity index (χ3v) is 10.6. The maximum atomic E-state index is 14.1. The maximum Gasteiger partial charge on any atom is 0.244 e. The van der Waals surface area contributed by atoms with Gasteiger partial charge in [0.05, 0.1) is 25.7 Å². The van der Waals surface area contributed by atoms with E-state index in [1.807, 2.05) is 0 Å². The van der Waals surface area contributed by atoms with E-state index in [9.17, 15) is 9.59 Å². The minimum Gasteiger partial charge on any atom is -0.318 e. The number of nitrogens with zero attached hydrogens (tertiary/aromatic N) is 3. The lowest BCUT2D eigenvalue weighted by Gasteiger charge is -2.38. The number of hydrogen-bond acceptors (Lipinski definition) is 3. The summed E-state index contributed by atoms with van der Waals surface area (Å²) in [6.07, 6.45) is 13.1. The number of carbonyl (C=O) groups is 2. The Morgan fingerprint density at radius 1 is 0.783 bits per heavy atom. The maximum absolute atomic E-state index is 14.1. The van der Waals surface area contributed by atoms with Gasteiger partial charge in [-0.25, -0.2) is 0 Å². The van der Waals surface area contributed by atoms with Gasteiger partial charge in [-0.2, -0.15) is 0 Å². The third kappa shape index (κ3) is 10.8. The highest BCUT2D eigenvalue weighted by Gasteiger charge is 2.33. The molecule has 0 spiro atoms. The summed E-state index contributed by atoms with van der Waals surface area (Å²) in [5, 5.41) is 0. The van der Waals surface area contributed by atoms with Crippen molar-refractivity contribution in [2.24, 2.45) is 0 Å². The zero-order chi connectivity index (χ0) is 33.5. The summed E-state index contributed by atoms with van der Waals surface area (Å²) in [7, 11) is 0. The molecule has 1 amide bonds. The average Bonchev–Trinajstić information content (AvgIpc) is 3.03. The van der Waals surface area contributed by atoms with Crippen molar-refractivity contribution in [3.05, 3.63) is 64.2 Å². The molecule has 0 N–H and O–H groups in total. The van der Waals surface area contributed by atoms with E-state index in [1.54, 1.807) is 0 Å². The standard InChI is InChI=1S/C41H66N3O2/c1-8-11-28-43(40-35(6)23-20-24-36(40)7)41(46)39-25-15-17-27-42(39)26-16-13-12-14-18-30-44(10-3,29-9-2)32-37(45)31-38-33(4)21-19-22-34(38)5/h19-24,39H,8-18,25-32H2,1-7H3/q+1/t39-,44?/m0/s1. The molecule has 2 aromatic carbocycles. The van der Waals surface area contributed by atoms with Crippen molar-refractivity contribution in [3.63, 3.8) is 0 Å². The lowest BCUT2D eigenvalue weighted by molar-refractivity contribution is -0.919. The fraction of sp³-hybridized carbons (Fsp3) is 0.659. The van der Waals surface area contributed by atoms with Gasteiger partial charge in [-0.15, -0.1) is 0 Å². The number of hydrogen-bond donors (Lipinski definition) is 0. The van der Waals surface area contributed by atoms with Crippen molar-refractivity contribution in [2.75, 3.05) is 50.7 Å². The summed E-state index contributed by atoms with van der Waals surface area (Å²) in [5.74, 6) is 0.687. The topological polar surface area (TPSA) is 40.6 Å². The van der Waals surface area contributed by atoms with Crippen LogP contribution < -0.4 is 4.90 Å². The van der Waals surface area contributed by atoms with Crippen LogP contribution in [0.5, 0.6) is 0 Å². The summed E-state index contributed by atoms with van der Waals surface area (Å²) < 4.78 is 0.923. The van der Waals surface area contributed by atoms with Gasteiger partial charge in [0.25, 0.3) is 0 Å². The van der Waals surface area contributed by atoms with Crippen LogP contribution >= 0.6 is 0 Å². The number of carbonyl (C=O) groups excluding carboxylic acids is 2. The van der Waals surface area contributed by atoms with Gasteiger partial charge in [0.1, 0.15) is 6.54 Å². The zero-order valence-corrected chi connectivity index (χ0v) is 30.6. The molecule has 0 saturated carbocycles. The first-order valence-electron chi connectivity index (χ1n) is 18.7. The minimum atomic E-state index is 0.00197. The predicted molar refractivity (Wildman–Crippen MR) is 196 cm³/mol. The van der Waals surface area contributed by atoms with Crippen LogP contribution in [-0.2, 0) is 16.0 Å². The Bertz CT molecular complexity index is 1200. The Balaban J connectivity index is 1.50. The molecule has 1 aliphatic heterocycles. The quantitative estimate of drug-likeness (QED) is 0.108. The van der Waals surface area contributed by atoms with Gasteiger partial charge in [0.15, 0.2) is 5.78 Å². The molecule has 1 aliphatic rings. The molecule has 46 heavy (non-hydrogen) atoms. The first-order chi connectivity index (χ1) is 22.2. The van der Waals surface area contributed by atoms with E-state index in [1.165, 1.54) is 59.9 Å². The molecule has 1 heterocycles. The van der Waals surface area contributed by atoms with Crippen molar-refractivity contribution in [2.45, 2.75) is 132 Å². The van der Waals surface area contributed by atoms with Gasteiger partial charge < -0.3 is 9.38 Å². The van der Waals surface area contributed by atoms with Crippen molar-refractivity contribution in [3.8, 4) is 0 Å². The second kappa shape index (κ2) is 19.4. The lowest BCUT2D eigenvalue weighted by atomic mass is 9.97. The van der Waals surface area contributed by atoms with Gasteiger partial charge >= 0.3 is 0 Å². The summed E-state index contributed by atoms with van der Waals surface area (Å²) in [4.78, 5) is 32.1. The molecule has 0 aromatic heterocycles. The lowest BCUT2D eigenvalue weighted by Crippen LogP contribution is -2.52. The highest BCUT2D eigenvalue weighted by atomic mass is 16.2. The van der Waals surface area contributed by atoms with Crippen LogP contribution in [0, 0.1) is 27.7 Å². The number of piperidine rings is 1. The molecule has 0 aliphatic carbocycles. The predicted octanol–water partition coefficient (Wildman–Crippen LogP) is 8.92. The molecule has 1 unspecified atom stereocenters. The zero-order valence-electron chi connectivity index (χ0n) is 30.6. The molecule has 5 nitrogen and oxygen atoms in total. The van der Waals surface area contributed by atoms with Crippen LogP contribution in [0.25, 0.3) is 0 Å². The number of rotatable bonds is 20. The number of amides is 1. The van der Waals surface area contributed by atoms with Crippen molar-refractivity contribution in [1.82, 2.24) is 4.90 Å². The Labute approximate surface area is 282 Å². The summed E-state index contributed by atoms with van der Waals surface area (Å²) in [6, 6.07) is 12.7. The van der Waals surface area contributed by atoms with Crippen molar-refractivity contribution < 1.29 is 14.1 Å². The third-order valence-electron chi connectivity index (χ3n) is 10.6. The van der Waals surface area contributed by atoms with Crippen LogP contribution in [0.3, 0.4) is 0 Å². The molecule has 0 radical (unpaired) electrons. The van der Waals surface area contributed by atoms with Crippen LogP contribution in [0.4, 0.5) is 5.69 Å². The van der Waals surface area contributed by atoms with Crippen LogP contribution in [0.2, 0.25) is 0 Å². The van der Waals surface area contributed by atoms with E-state index >= 15 is 0 Å². The Morgan fingerprint density at radius 2 is 1.41 bits per heavy atom. The SMILES string of the molecule is CCCCN(C(=O)[C@@H]1CCCCN1CCCCCCC[N+](CC)(CCC)CC(=O)Cc1c(C)cccc1C)c1c(C)cccc1C. The Kier molecular flexibility index (Phi) is 16.0. The number of anilines is 1. The van der Waals surface area contributed by atoms with Crippen molar-refractivity contribution >= 4 is 17.4 Å². The number of aryl methyl sites for hydroxylation is 4. The Hall–Kier alpha value is -2.50. The summed E-state index contributed by atoms with van der Waals surface area (Å²) in [6.45, 7) is 22.0. The first kappa shape index (κ1) is 38.0. The molecule has 1 saturated heterocycles. The molecule has 1 fully saturated rings. The highest BCUT2D eigenvalue weighted by Crippen LogP contribution is 2.29. The van der Waals surface area contributed by atoms with E-state index in [4.69, 9.17) is 0 Å². The number of likely N-dealkylation sites (tertiary alicyclic amines) is 1. The van der Waals surface area contributed by atoms with Crippen LogP contribution in [0.15, 0.2) is 36.4 Å². The second-order valence-electron chi connectivity index (χ2n) is 14.2. The number of para-hydroxylation sites is 1. The largest absolute Gasteiger partial charge is 0.318 e. The molecule has 0 bridgehead atoms.